The molecule has 0 saturated carbocycles. The van der Waals surface area contributed by atoms with Gasteiger partial charge < -0.3 is 14.6 Å². The van der Waals surface area contributed by atoms with Crippen molar-refractivity contribution in [2.45, 2.75) is 32.5 Å². The van der Waals surface area contributed by atoms with E-state index in [1.807, 2.05) is 0 Å². The van der Waals surface area contributed by atoms with Crippen LogP contribution in [0.5, 0.6) is 5.75 Å². The van der Waals surface area contributed by atoms with Gasteiger partial charge in [-0.05, 0) is 36.9 Å². The third-order valence-corrected chi connectivity index (χ3v) is 3.64. The summed E-state index contributed by atoms with van der Waals surface area (Å²) < 4.78 is 21.3. The zero-order chi connectivity index (χ0) is 13.9. The molecule has 0 aliphatic carbocycles. The van der Waals surface area contributed by atoms with Gasteiger partial charge in [0, 0.05) is 30.4 Å². The van der Waals surface area contributed by atoms with Crippen molar-refractivity contribution < 1.29 is 9.13 Å². The lowest BCUT2D eigenvalue weighted by atomic mass is 10.1. The molecule has 1 N–H and O–H groups in total. The van der Waals surface area contributed by atoms with Crippen molar-refractivity contribution in [2.24, 2.45) is 0 Å². The summed E-state index contributed by atoms with van der Waals surface area (Å²) in [5, 5.41) is 3.33. The zero-order valence-electron chi connectivity index (χ0n) is 11.6. The molecule has 0 fully saturated rings. The number of hydrogen-bond donors (Lipinski definition) is 1. The Balaban J connectivity index is 1.67. The Morgan fingerprint density at radius 1 is 1.40 bits per heavy atom. The Bertz CT molecular complexity index is 594. The summed E-state index contributed by atoms with van der Waals surface area (Å²) in [5.74, 6) is 0.624. The lowest BCUT2D eigenvalue weighted by Crippen LogP contribution is -2.23. The van der Waals surface area contributed by atoms with Gasteiger partial charge in [0.1, 0.15) is 17.7 Å². The van der Waals surface area contributed by atoms with E-state index in [1.54, 1.807) is 12.1 Å². The number of ether oxygens (including phenoxy) is 1. The second kappa shape index (κ2) is 5.67. The molecule has 0 amide bonds. The van der Waals surface area contributed by atoms with Crippen LogP contribution in [0.3, 0.4) is 0 Å². The molecule has 3 rings (SSSR count). The highest BCUT2D eigenvalue weighted by atomic mass is 19.1. The van der Waals surface area contributed by atoms with Crippen molar-refractivity contribution in [3.63, 3.8) is 0 Å². The molecule has 20 heavy (non-hydrogen) atoms. The molecule has 1 atom stereocenters. The molecule has 1 aliphatic heterocycles. The number of benzene rings is 1. The first-order valence-electron chi connectivity index (χ1n) is 7.06. The highest BCUT2D eigenvalue weighted by Crippen LogP contribution is 2.30. The van der Waals surface area contributed by atoms with E-state index in [-0.39, 0.29) is 11.9 Å². The van der Waals surface area contributed by atoms with Crippen molar-refractivity contribution in [3.8, 4) is 5.75 Å². The van der Waals surface area contributed by atoms with Crippen molar-refractivity contribution >= 4 is 0 Å². The van der Waals surface area contributed by atoms with E-state index in [1.165, 1.54) is 11.8 Å². The number of fused-ring (bicyclic) bond motifs is 1. The van der Waals surface area contributed by atoms with Gasteiger partial charge in [0.25, 0.3) is 0 Å². The number of nitrogens with one attached hydrogen (secondary N) is 1. The molecule has 3 nitrogen and oxygen atoms in total. The molecular weight excluding hydrogens is 255 g/mol. The molecule has 106 valence electrons. The molecular formula is C16H19FN2O. The molecule has 2 heterocycles. The molecule has 4 heteroatoms. The van der Waals surface area contributed by atoms with Crippen LogP contribution in [0.4, 0.5) is 4.39 Å². The Labute approximate surface area is 118 Å². The minimum atomic E-state index is -0.193. The molecule has 0 saturated heterocycles. The molecule has 0 radical (unpaired) electrons. The van der Waals surface area contributed by atoms with Crippen LogP contribution < -0.4 is 10.1 Å². The van der Waals surface area contributed by atoms with Crippen LogP contribution >= 0.6 is 0 Å². The average molecular weight is 274 g/mol. The molecule has 1 aromatic heterocycles. The van der Waals surface area contributed by atoms with Gasteiger partial charge in [-0.15, -0.1) is 0 Å². The van der Waals surface area contributed by atoms with Gasteiger partial charge in [0.2, 0.25) is 0 Å². The summed E-state index contributed by atoms with van der Waals surface area (Å²) >= 11 is 0. The summed E-state index contributed by atoms with van der Waals surface area (Å²) in [6.45, 7) is 4.70. The molecule has 1 aliphatic rings. The van der Waals surface area contributed by atoms with E-state index in [0.29, 0.717) is 0 Å². The molecule has 0 bridgehead atoms. The number of nitrogens with zero attached hydrogens (tertiary/aromatic N) is 1. The minimum absolute atomic E-state index is 0.0829. The molecule has 2 aromatic rings. The first-order chi connectivity index (χ1) is 9.76. The summed E-state index contributed by atoms with van der Waals surface area (Å²) in [6, 6.07) is 8.91. The van der Waals surface area contributed by atoms with Crippen LogP contribution in [-0.4, -0.2) is 17.2 Å². The first kappa shape index (κ1) is 13.2. The lowest BCUT2D eigenvalue weighted by molar-refractivity contribution is 0.208. The van der Waals surface area contributed by atoms with E-state index in [2.05, 4.69) is 35.1 Å². The van der Waals surface area contributed by atoms with E-state index in [9.17, 15) is 4.39 Å². The summed E-state index contributed by atoms with van der Waals surface area (Å²) in [4.78, 5) is 0. The SMILES string of the molecule is CCNCc1cccn1CC1Cc2cc(F)ccc2O1. The maximum atomic E-state index is 13.2. The predicted molar refractivity (Wildman–Crippen MR) is 76.3 cm³/mol. The van der Waals surface area contributed by atoms with Gasteiger partial charge in [-0.1, -0.05) is 6.92 Å². The normalized spacial score (nSPS) is 17.0. The van der Waals surface area contributed by atoms with Gasteiger partial charge in [0.15, 0.2) is 0 Å². The topological polar surface area (TPSA) is 26.2 Å². The van der Waals surface area contributed by atoms with Crippen molar-refractivity contribution in [1.82, 2.24) is 9.88 Å². The molecule has 0 spiro atoms. The fourth-order valence-corrected chi connectivity index (χ4v) is 2.65. The van der Waals surface area contributed by atoms with Crippen LogP contribution in [0, 0.1) is 5.82 Å². The van der Waals surface area contributed by atoms with Crippen LogP contribution in [-0.2, 0) is 19.5 Å². The molecule has 1 aromatic carbocycles. The Morgan fingerprint density at radius 2 is 2.30 bits per heavy atom. The molecule has 1 unspecified atom stereocenters. The van der Waals surface area contributed by atoms with E-state index >= 15 is 0 Å². The van der Waals surface area contributed by atoms with Gasteiger partial charge in [-0.25, -0.2) is 4.39 Å². The van der Waals surface area contributed by atoms with Gasteiger partial charge in [-0.3, -0.25) is 0 Å². The standard InChI is InChI=1S/C16H19FN2O/c1-2-18-10-14-4-3-7-19(14)11-15-9-12-8-13(17)5-6-16(12)20-15/h3-8,15,18H,2,9-11H2,1H3. The maximum absolute atomic E-state index is 13.2. The smallest absolute Gasteiger partial charge is 0.123 e. The fraction of sp³-hybridized carbons (Fsp3) is 0.375. The summed E-state index contributed by atoms with van der Waals surface area (Å²) in [5.41, 5.74) is 2.22. The number of aromatic nitrogens is 1. The van der Waals surface area contributed by atoms with Crippen molar-refractivity contribution in [3.05, 3.63) is 53.6 Å². The van der Waals surface area contributed by atoms with Crippen molar-refractivity contribution in [1.29, 1.82) is 0 Å². The van der Waals surface area contributed by atoms with Gasteiger partial charge in [0.05, 0.1) is 6.54 Å². The third-order valence-electron chi connectivity index (χ3n) is 3.64. The highest BCUT2D eigenvalue weighted by Gasteiger charge is 2.23. The lowest BCUT2D eigenvalue weighted by Gasteiger charge is -2.15. The quantitative estimate of drug-likeness (QED) is 0.907. The van der Waals surface area contributed by atoms with Crippen LogP contribution in [0.15, 0.2) is 36.5 Å². The monoisotopic (exact) mass is 274 g/mol. The zero-order valence-corrected chi connectivity index (χ0v) is 11.6. The second-order valence-electron chi connectivity index (χ2n) is 5.13. The summed E-state index contributed by atoms with van der Waals surface area (Å²) in [7, 11) is 0. The number of hydrogen-bond acceptors (Lipinski definition) is 2. The van der Waals surface area contributed by atoms with Crippen LogP contribution in [0.2, 0.25) is 0 Å². The maximum Gasteiger partial charge on any atom is 0.123 e. The third kappa shape index (κ3) is 2.70. The van der Waals surface area contributed by atoms with Crippen LogP contribution in [0.1, 0.15) is 18.2 Å². The fourth-order valence-electron chi connectivity index (χ4n) is 2.65. The Kier molecular flexibility index (Phi) is 3.74. The predicted octanol–water partition coefficient (Wildman–Crippen LogP) is 2.74. The van der Waals surface area contributed by atoms with Crippen LogP contribution in [0.25, 0.3) is 0 Å². The second-order valence-corrected chi connectivity index (χ2v) is 5.13. The van der Waals surface area contributed by atoms with Gasteiger partial charge in [-0.2, -0.15) is 0 Å². The minimum Gasteiger partial charge on any atom is -0.488 e. The van der Waals surface area contributed by atoms with E-state index in [0.717, 1.165) is 37.4 Å². The Morgan fingerprint density at radius 3 is 3.15 bits per heavy atom. The number of halogens is 1. The average Bonchev–Trinajstić information content (AvgIpc) is 3.02. The van der Waals surface area contributed by atoms with Crippen molar-refractivity contribution in [2.75, 3.05) is 6.54 Å². The largest absolute Gasteiger partial charge is 0.488 e. The highest BCUT2D eigenvalue weighted by molar-refractivity contribution is 5.37. The Hall–Kier alpha value is -1.81. The first-order valence-corrected chi connectivity index (χ1v) is 7.06. The number of rotatable bonds is 5. The van der Waals surface area contributed by atoms with E-state index in [4.69, 9.17) is 4.74 Å². The van der Waals surface area contributed by atoms with E-state index < -0.39 is 0 Å². The summed E-state index contributed by atoms with van der Waals surface area (Å²) in [6.07, 6.45) is 2.92. The van der Waals surface area contributed by atoms with Gasteiger partial charge >= 0.3 is 0 Å².